The first-order valence-corrected chi connectivity index (χ1v) is 5.58. The topological polar surface area (TPSA) is 54.7 Å². The van der Waals surface area contributed by atoms with E-state index in [1.165, 1.54) is 0 Å². The molecule has 0 spiro atoms. The Morgan fingerprint density at radius 3 is 2.53 bits per heavy atom. The second-order valence-corrected chi connectivity index (χ2v) is 4.29. The van der Waals surface area contributed by atoms with Gasteiger partial charge in [-0.05, 0) is 28.1 Å². The molecule has 78 valence electrons. The molecule has 0 atom stereocenters. The van der Waals surface area contributed by atoms with Gasteiger partial charge in [0.25, 0.3) is 0 Å². The van der Waals surface area contributed by atoms with Gasteiger partial charge in [0.15, 0.2) is 0 Å². The quantitative estimate of drug-likeness (QED) is 0.892. The fourth-order valence-electron chi connectivity index (χ4n) is 1.29. The summed E-state index contributed by atoms with van der Waals surface area (Å²) in [4.78, 5) is 7.41. The van der Waals surface area contributed by atoms with Gasteiger partial charge in [0.1, 0.15) is 16.1 Å². The second-order valence-electron chi connectivity index (χ2n) is 3.06. The smallest absolute Gasteiger partial charge is 0.121 e. The van der Waals surface area contributed by atoms with E-state index < -0.39 is 0 Å². The van der Waals surface area contributed by atoms with E-state index >= 15 is 0 Å². The van der Waals surface area contributed by atoms with Gasteiger partial charge in [-0.3, -0.25) is 0 Å². The molecule has 0 saturated heterocycles. The van der Waals surface area contributed by atoms with Gasteiger partial charge in [0.05, 0.1) is 6.54 Å². The van der Waals surface area contributed by atoms with Crippen molar-refractivity contribution < 1.29 is 0 Å². The van der Waals surface area contributed by atoms with E-state index in [9.17, 15) is 0 Å². The first-order valence-electron chi connectivity index (χ1n) is 4.41. The lowest BCUT2D eigenvalue weighted by molar-refractivity contribution is 0.947. The van der Waals surface area contributed by atoms with Crippen molar-refractivity contribution >= 4 is 27.5 Å². The van der Waals surface area contributed by atoms with Crippen molar-refractivity contribution in [2.75, 3.05) is 0 Å². The van der Waals surface area contributed by atoms with Crippen LogP contribution in [-0.2, 0) is 6.54 Å². The molecule has 0 radical (unpaired) electrons. The van der Waals surface area contributed by atoms with Gasteiger partial charge < -0.3 is 10.7 Å². The van der Waals surface area contributed by atoms with Gasteiger partial charge in [-0.15, -0.1) is 0 Å². The van der Waals surface area contributed by atoms with E-state index in [0.29, 0.717) is 11.6 Å². The highest BCUT2D eigenvalue weighted by Gasteiger charge is 2.08. The highest BCUT2D eigenvalue weighted by molar-refractivity contribution is 9.10. The molecule has 15 heavy (non-hydrogen) atoms. The van der Waals surface area contributed by atoms with Gasteiger partial charge in [-0.1, -0.05) is 23.7 Å². The number of hydrogen-bond donors (Lipinski definition) is 2. The molecular weight excluding hydrogens is 277 g/mol. The van der Waals surface area contributed by atoms with E-state index in [1.54, 1.807) is 0 Å². The van der Waals surface area contributed by atoms with Crippen molar-refractivity contribution in [2.45, 2.75) is 6.54 Å². The van der Waals surface area contributed by atoms with Crippen molar-refractivity contribution in [1.29, 1.82) is 0 Å². The third-order valence-corrected chi connectivity index (χ3v) is 2.85. The Kier molecular flexibility index (Phi) is 3.09. The number of hydrogen-bond acceptors (Lipinski definition) is 2. The zero-order chi connectivity index (χ0) is 10.8. The van der Waals surface area contributed by atoms with E-state index in [0.717, 1.165) is 21.7 Å². The molecule has 0 amide bonds. The lowest BCUT2D eigenvalue weighted by Crippen LogP contribution is -1.97. The van der Waals surface area contributed by atoms with Crippen LogP contribution in [0.25, 0.3) is 11.3 Å². The summed E-state index contributed by atoms with van der Waals surface area (Å²) in [7, 11) is 0. The SMILES string of the molecule is NCc1nc(-c2ccc(Cl)cc2)c(Br)[nH]1. The maximum absolute atomic E-state index is 5.81. The third-order valence-electron chi connectivity index (χ3n) is 2.02. The molecule has 0 bridgehead atoms. The van der Waals surface area contributed by atoms with Crippen LogP contribution in [0, 0.1) is 0 Å². The first-order chi connectivity index (χ1) is 7.20. The lowest BCUT2D eigenvalue weighted by atomic mass is 10.2. The summed E-state index contributed by atoms with van der Waals surface area (Å²) in [6.45, 7) is 0.395. The van der Waals surface area contributed by atoms with E-state index in [-0.39, 0.29) is 0 Å². The maximum atomic E-state index is 5.81. The third kappa shape index (κ3) is 2.22. The highest BCUT2D eigenvalue weighted by atomic mass is 79.9. The van der Waals surface area contributed by atoms with Gasteiger partial charge in [0, 0.05) is 10.6 Å². The molecule has 1 aromatic carbocycles. The Morgan fingerprint density at radius 2 is 2.00 bits per heavy atom. The number of nitrogens with zero attached hydrogens (tertiary/aromatic N) is 1. The molecule has 5 heteroatoms. The van der Waals surface area contributed by atoms with E-state index in [2.05, 4.69) is 25.9 Å². The summed E-state index contributed by atoms with van der Waals surface area (Å²) in [5.74, 6) is 0.756. The Morgan fingerprint density at radius 1 is 1.33 bits per heavy atom. The lowest BCUT2D eigenvalue weighted by Gasteiger charge is -1.97. The van der Waals surface area contributed by atoms with Crippen molar-refractivity contribution in [1.82, 2.24) is 9.97 Å². The molecule has 0 aliphatic heterocycles. The number of nitrogens with one attached hydrogen (secondary N) is 1. The van der Waals surface area contributed by atoms with E-state index in [1.807, 2.05) is 24.3 Å². The maximum Gasteiger partial charge on any atom is 0.121 e. The molecule has 0 aliphatic carbocycles. The highest BCUT2D eigenvalue weighted by Crippen LogP contribution is 2.26. The summed E-state index contributed by atoms with van der Waals surface area (Å²) in [6, 6.07) is 7.51. The number of rotatable bonds is 2. The van der Waals surface area contributed by atoms with Crippen LogP contribution in [0.2, 0.25) is 5.02 Å². The van der Waals surface area contributed by atoms with Gasteiger partial charge in [-0.2, -0.15) is 0 Å². The summed E-state index contributed by atoms with van der Waals surface area (Å²) in [5.41, 5.74) is 7.35. The minimum atomic E-state index is 0.395. The average molecular weight is 287 g/mol. The molecule has 2 aromatic rings. The number of imidazole rings is 1. The van der Waals surface area contributed by atoms with Gasteiger partial charge in [-0.25, -0.2) is 4.98 Å². The summed E-state index contributed by atoms with van der Waals surface area (Å²) < 4.78 is 0.838. The standard InChI is InChI=1S/C10H9BrClN3/c11-10-9(14-8(5-13)15-10)6-1-3-7(12)4-2-6/h1-4H,5,13H2,(H,14,15). The van der Waals surface area contributed by atoms with Gasteiger partial charge in [0.2, 0.25) is 0 Å². The van der Waals surface area contributed by atoms with Crippen molar-refractivity contribution in [3.05, 3.63) is 39.7 Å². The predicted octanol–water partition coefficient (Wildman–Crippen LogP) is 2.95. The van der Waals surface area contributed by atoms with Crippen LogP contribution in [0.1, 0.15) is 5.82 Å². The number of aromatic nitrogens is 2. The van der Waals surface area contributed by atoms with Crippen LogP contribution in [0.3, 0.4) is 0 Å². The second kappa shape index (κ2) is 4.35. The molecule has 0 unspecified atom stereocenters. The van der Waals surface area contributed by atoms with Crippen molar-refractivity contribution in [3.8, 4) is 11.3 Å². The Balaban J connectivity index is 2.44. The zero-order valence-electron chi connectivity index (χ0n) is 7.80. The molecular formula is C10H9BrClN3. The van der Waals surface area contributed by atoms with Crippen LogP contribution in [0.15, 0.2) is 28.9 Å². The number of halogens is 2. The molecule has 3 nitrogen and oxygen atoms in total. The molecule has 0 aliphatic rings. The average Bonchev–Trinajstić information content (AvgIpc) is 2.61. The zero-order valence-corrected chi connectivity index (χ0v) is 10.1. The molecule has 2 rings (SSSR count). The summed E-state index contributed by atoms with van der Waals surface area (Å²) in [6.07, 6.45) is 0. The Labute approximate surface area is 101 Å². The van der Waals surface area contributed by atoms with Crippen LogP contribution in [-0.4, -0.2) is 9.97 Å². The minimum absolute atomic E-state index is 0.395. The monoisotopic (exact) mass is 285 g/mol. The number of H-pyrrole nitrogens is 1. The summed E-state index contributed by atoms with van der Waals surface area (Å²) >= 11 is 9.22. The molecule has 3 N–H and O–H groups in total. The fraction of sp³-hybridized carbons (Fsp3) is 0.100. The summed E-state index contributed by atoms with van der Waals surface area (Å²) in [5, 5.41) is 0.712. The number of aromatic amines is 1. The van der Waals surface area contributed by atoms with Crippen LogP contribution in [0.5, 0.6) is 0 Å². The minimum Gasteiger partial charge on any atom is -0.335 e. The van der Waals surface area contributed by atoms with Crippen LogP contribution in [0.4, 0.5) is 0 Å². The normalized spacial score (nSPS) is 10.6. The van der Waals surface area contributed by atoms with Crippen LogP contribution >= 0.6 is 27.5 Å². The molecule has 1 aromatic heterocycles. The van der Waals surface area contributed by atoms with Gasteiger partial charge >= 0.3 is 0 Å². The number of nitrogens with two attached hydrogens (primary N) is 1. The number of benzene rings is 1. The largest absolute Gasteiger partial charge is 0.335 e. The molecule has 1 heterocycles. The predicted molar refractivity (Wildman–Crippen MR) is 64.6 cm³/mol. The first kappa shape index (κ1) is 10.7. The Hall–Kier alpha value is -0.840. The van der Waals surface area contributed by atoms with Crippen molar-refractivity contribution in [2.24, 2.45) is 5.73 Å². The van der Waals surface area contributed by atoms with Crippen LogP contribution < -0.4 is 5.73 Å². The molecule has 0 fully saturated rings. The molecule has 0 saturated carbocycles. The Bertz CT molecular complexity index is 464. The van der Waals surface area contributed by atoms with Crippen molar-refractivity contribution in [3.63, 3.8) is 0 Å². The van der Waals surface area contributed by atoms with E-state index in [4.69, 9.17) is 17.3 Å². The fourth-order valence-corrected chi connectivity index (χ4v) is 1.97.